The highest BCUT2D eigenvalue weighted by Crippen LogP contribution is 2.38. The van der Waals surface area contributed by atoms with E-state index >= 15 is 0 Å². The summed E-state index contributed by atoms with van der Waals surface area (Å²) in [5, 5.41) is 2.99. The second kappa shape index (κ2) is 9.72. The van der Waals surface area contributed by atoms with Crippen molar-refractivity contribution in [2.75, 3.05) is 13.1 Å². The fourth-order valence-corrected chi connectivity index (χ4v) is 4.34. The molecule has 1 fully saturated rings. The van der Waals surface area contributed by atoms with Crippen LogP contribution in [0.2, 0.25) is 0 Å². The first kappa shape index (κ1) is 22.3. The van der Waals surface area contributed by atoms with Gasteiger partial charge in [0, 0.05) is 19.5 Å². The summed E-state index contributed by atoms with van der Waals surface area (Å²) in [5.74, 6) is 0.798. The standard InChI is InChI=1S/C26H31FN2O3/c1-3-23(26(31)28-16-17-8-9-17)32-21-11-10-18-12-13-29(24(30)4-2)25(22(18)15-21)19-6-5-7-20(27)14-19/h5-7,10-11,14-15,17,23,25H,3-4,8-9,12-13,16H2,1-2H3,(H,28,31). The van der Waals surface area contributed by atoms with Crippen molar-refractivity contribution in [2.24, 2.45) is 5.92 Å². The predicted octanol–water partition coefficient (Wildman–Crippen LogP) is 4.39. The zero-order valence-corrected chi connectivity index (χ0v) is 18.8. The molecule has 1 N–H and O–H groups in total. The highest BCUT2D eigenvalue weighted by molar-refractivity contribution is 5.81. The number of halogens is 1. The Hall–Kier alpha value is -2.89. The molecule has 1 saturated carbocycles. The second-order valence-corrected chi connectivity index (χ2v) is 8.71. The van der Waals surface area contributed by atoms with E-state index in [1.807, 2.05) is 43.0 Å². The van der Waals surface area contributed by atoms with Gasteiger partial charge in [0.05, 0.1) is 6.04 Å². The van der Waals surface area contributed by atoms with Gasteiger partial charge in [0.15, 0.2) is 6.10 Å². The zero-order chi connectivity index (χ0) is 22.7. The van der Waals surface area contributed by atoms with Crippen molar-refractivity contribution >= 4 is 11.8 Å². The Morgan fingerprint density at radius 3 is 2.69 bits per heavy atom. The van der Waals surface area contributed by atoms with Crippen LogP contribution in [0.25, 0.3) is 0 Å². The summed E-state index contributed by atoms with van der Waals surface area (Å²) in [6.07, 6.45) is 3.45. The van der Waals surface area contributed by atoms with Gasteiger partial charge in [0.1, 0.15) is 11.6 Å². The molecule has 1 aliphatic carbocycles. The van der Waals surface area contributed by atoms with E-state index in [1.54, 1.807) is 6.07 Å². The van der Waals surface area contributed by atoms with Crippen molar-refractivity contribution in [3.8, 4) is 5.75 Å². The lowest BCUT2D eigenvalue weighted by atomic mass is 9.87. The lowest BCUT2D eigenvalue weighted by Gasteiger charge is -2.38. The first-order valence-corrected chi connectivity index (χ1v) is 11.6. The van der Waals surface area contributed by atoms with Gasteiger partial charge in [-0.15, -0.1) is 0 Å². The number of benzene rings is 2. The molecular weight excluding hydrogens is 407 g/mol. The van der Waals surface area contributed by atoms with E-state index < -0.39 is 6.10 Å². The molecule has 32 heavy (non-hydrogen) atoms. The van der Waals surface area contributed by atoms with E-state index in [4.69, 9.17) is 4.74 Å². The van der Waals surface area contributed by atoms with Crippen molar-refractivity contribution in [3.63, 3.8) is 0 Å². The van der Waals surface area contributed by atoms with Crippen LogP contribution in [-0.2, 0) is 16.0 Å². The lowest BCUT2D eigenvalue weighted by Crippen LogP contribution is -2.40. The SMILES string of the molecule is CCC(=O)N1CCc2ccc(OC(CC)C(=O)NCC3CC3)cc2C1c1cccc(F)c1. The second-order valence-electron chi connectivity index (χ2n) is 8.71. The fraction of sp³-hybridized carbons (Fsp3) is 0.462. The summed E-state index contributed by atoms with van der Waals surface area (Å²) < 4.78 is 20.1. The number of amides is 2. The Balaban J connectivity index is 1.62. The smallest absolute Gasteiger partial charge is 0.261 e. The number of nitrogens with one attached hydrogen (secondary N) is 1. The molecule has 0 spiro atoms. The van der Waals surface area contributed by atoms with Gasteiger partial charge in [-0.3, -0.25) is 9.59 Å². The molecule has 1 heterocycles. The summed E-state index contributed by atoms with van der Waals surface area (Å²) >= 11 is 0. The summed E-state index contributed by atoms with van der Waals surface area (Å²) in [6.45, 7) is 5.06. The molecule has 0 bridgehead atoms. The van der Waals surface area contributed by atoms with E-state index in [2.05, 4.69) is 5.32 Å². The highest BCUT2D eigenvalue weighted by Gasteiger charge is 2.32. The maximum absolute atomic E-state index is 14.1. The van der Waals surface area contributed by atoms with Gasteiger partial charge in [-0.1, -0.05) is 32.0 Å². The number of fused-ring (bicyclic) bond motifs is 1. The third-order valence-corrected chi connectivity index (χ3v) is 6.34. The molecule has 5 nitrogen and oxygen atoms in total. The molecule has 4 rings (SSSR count). The third kappa shape index (κ3) is 4.95. The molecular formula is C26H31FN2O3. The molecule has 0 aromatic heterocycles. The maximum atomic E-state index is 14.1. The Morgan fingerprint density at radius 2 is 2.00 bits per heavy atom. The zero-order valence-electron chi connectivity index (χ0n) is 18.8. The normalized spacial score (nSPS) is 18.6. The van der Waals surface area contributed by atoms with E-state index in [1.165, 1.54) is 25.0 Å². The monoisotopic (exact) mass is 438 g/mol. The van der Waals surface area contributed by atoms with Crippen LogP contribution >= 0.6 is 0 Å². The van der Waals surface area contributed by atoms with E-state index in [9.17, 15) is 14.0 Å². The van der Waals surface area contributed by atoms with Crippen LogP contribution in [0, 0.1) is 11.7 Å². The maximum Gasteiger partial charge on any atom is 0.261 e. The van der Waals surface area contributed by atoms with Gasteiger partial charge in [0.25, 0.3) is 5.91 Å². The van der Waals surface area contributed by atoms with E-state index in [0.29, 0.717) is 37.6 Å². The molecule has 0 radical (unpaired) electrons. The molecule has 6 heteroatoms. The first-order chi connectivity index (χ1) is 15.5. The van der Waals surface area contributed by atoms with Crippen molar-refractivity contribution in [1.82, 2.24) is 10.2 Å². The number of hydrogen-bond acceptors (Lipinski definition) is 3. The average Bonchev–Trinajstić information content (AvgIpc) is 3.64. The largest absolute Gasteiger partial charge is 0.481 e. The Bertz CT molecular complexity index is 989. The van der Waals surface area contributed by atoms with Gasteiger partial charge < -0.3 is 15.0 Å². The topological polar surface area (TPSA) is 58.6 Å². The Morgan fingerprint density at radius 1 is 1.19 bits per heavy atom. The van der Waals surface area contributed by atoms with Crippen molar-refractivity contribution < 1.29 is 18.7 Å². The molecule has 2 aromatic rings. The van der Waals surface area contributed by atoms with Crippen LogP contribution in [0.5, 0.6) is 5.75 Å². The summed E-state index contributed by atoms with van der Waals surface area (Å²) in [7, 11) is 0. The van der Waals surface area contributed by atoms with Crippen molar-refractivity contribution in [1.29, 1.82) is 0 Å². The molecule has 1 aliphatic heterocycles. The van der Waals surface area contributed by atoms with Gasteiger partial charge in [-0.25, -0.2) is 4.39 Å². The average molecular weight is 439 g/mol. The van der Waals surface area contributed by atoms with Gasteiger partial charge in [-0.2, -0.15) is 0 Å². The number of carbonyl (C=O) groups excluding carboxylic acids is 2. The van der Waals surface area contributed by atoms with Crippen molar-refractivity contribution in [2.45, 2.75) is 58.1 Å². The first-order valence-electron chi connectivity index (χ1n) is 11.6. The van der Waals surface area contributed by atoms with Gasteiger partial charge in [0.2, 0.25) is 5.91 Å². The molecule has 2 unspecified atom stereocenters. The summed E-state index contributed by atoms with van der Waals surface area (Å²) in [5.41, 5.74) is 2.77. The van der Waals surface area contributed by atoms with Crippen LogP contribution in [0.1, 0.15) is 62.3 Å². The fourth-order valence-electron chi connectivity index (χ4n) is 4.34. The molecule has 170 valence electrons. The van der Waals surface area contributed by atoms with Crippen LogP contribution in [0.15, 0.2) is 42.5 Å². The minimum absolute atomic E-state index is 0.0297. The van der Waals surface area contributed by atoms with E-state index in [-0.39, 0.29) is 23.7 Å². The highest BCUT2D eigenvalue weighted by atomic mass is 19.1. The minimum Gasteiger partial charge on any atom is -0.481 e. The molecule has 2 atom stereocenters. The molecule has 0 saturated heterocycles. The van der Waals surface area contributed by atoms with Crippen LogP contribution in [0.4, 0.5) is 4.39 Å². The quantitative estimate of drug-likeness (QED) is 0.665. The molecule has 2 aliphatic rings. The number of carbonyl (C=O) groups is 2. The predicted molar refractivity (Wildman–Crippen MR) is 121 cm³/mol. The van der Waals surface area contributed by atoms with Gasteiger partial charge >= 0.3 is 0 Å². The Labute approximate surface area is 188 Å². The van der Waals surface area contributed by atoms with Gasteiger partial charge in [-0.05, 0) is 72.6 Å². The third-order valence-electron chi connectivity index (χ3n) is 6.34. The summed E-state index contributed by atoms with van der Waals surface area (Å²) in [6, 6.07) is 11.8. The summed E-state index contributed by atoms with van der Waals surface area (Å²) in [4.78, 5) is 27.1. The van der Waals surface area contributed by atoms with E-state index in [0.717, 1.165) is 23.1 Å². The lowest BCUT2D eigenvalue weighted by molar-refractivity contribution is -0.133. The van der Waals surface area contributed by atoms with Crippen LogP contribution in [-0.4, -0.2) is 35.9 Å². The molecule has 2 amide bonds. The molecule has 2 aromatic carbocycles. The van der Waals surface area contributed by atoms with Crippen LogP contribution in [0.3, 0.4) is 0 Å². The van der Waals surface area contributed by atoms with Crippen molar-refractivity contribution in [3.05, 3.63) is 65.0 Å². The number of hydrogen-bond donors (Lipinski definition) is 1. The van der Waals surface area contributed by atoms with Crippen LogP contribution < -0.4 is 10.1 Å². The number of rotatable bonds is 8. The minimum atomic E-state index is -0.573. The number of ether oxygens (including phenoxy) is 1. The Kier molecular flexibility index (Phi) is 6.77. The number of nitrogens with zero attached hydrogens (tertiary/aromatic N) is 1.